The van der Waals surface area contributed by atoms with Gasteiger partial charge in [0.1, 0.15) is 5.82 Å². The lowest BCUT2D eigenvalue weighted by atomic mass is 9.99. The zero-order chi connectivity index (χ0) is 10.7. The first-order valence-corrected chi connectivity index (χ1v) is 5.44. The molecule has 0 bridgehead atoms. The van der Waals surface area contributed by atoms with Crippen LogP contribution in [-0.2, 0) is 0 Å². The number of aromatic nitrogens is 2. The third-order valence-corrected chi connectivity index (χ3v) is 2.93. The molecular formula is C11H17N3O. The van der Waals surface area contributed by atoms with Crippen LogP contribution in [0.3, 0.4) is 0 Å². The lowest BCUT2D eigenvalue weighted by molar-refractivity contribution is 0.208. The highest BCUT2D eigenvalue weighted by Gasteiger charge is 2.21. The van der Waals surface area contributed by atoms with E-state index in [9.17, 15) is 0 Å². The molecule has 82 valence electrons. The van der Waals surface area contributed by atoms with Gasteiger partial charge in [-0.05, 0) is 25.7 Å². The maximum Gasteiger partial charge on any atom is 0.150 e. The van der Waals surface area contributed by atoms with Crippen LogP contribution in [0, 0.1) is 12.8 Å². The summed E-state index contributed by atoms with van der Waals surface area (Å²) in [5, 5.41) is 9.16. The number of rotatable bonds is 2. The van der Waals surface area contributed by atoms with Gasteiger partial charge in [0.15, 0.2) is 0 Å². The summed E-state index contributed by atoms with van der Waals surface area (Å²) in [5.41, 5.74) is 0.969. The van der Waals surface area contributed by atoms with Gasteiger partial charge < -0.3 is 10.0 Å². The predicted octanol–water partition coefficient (Wildman–Crippen LogP) is 0.994. The number of aliphatic hydroxyl groups is 1. The highest BCUT2D eigenvalue weighted by molar-refractivity contribution is 5.42. The van der Waals surface area contributed by atoms with Crippen LogP contribution in [0.15, 0.2) is 12.4 Å². The van der Waals surface area contributed by atoms with Crippen LogP contribution in [0.1, 0.15) is 18.5 Å². The average Bonchev–Trinajstić information content (AvgIpc) is 2.30. The van der Waals surface area contributed by atoms with E-state index in [1.165, 1.54) is 0 Å². The number of aryl methyl sites for hydroxylation is 1. The molecule has 0 unspecified atom stereocenters. The maximum absolute atomic E-state index is 9.16. The highest BCUT2D eigenvalue weighted by atomic mass is 16.3. The van der Waals surface area contributed by atoms with Crippen molar-refractivity contribution in [1.82, 2.24) is 9.97 Å². The fraction of sp³-hybridized carbons (Fsp3) is 0.636. The summed E-state index contributed by atoms with van der Waals surface area (Å²) in [5.74, 6) is 1.36. The summed E-state index contributed by atoms with van der Waals surface area (Å²) in [7, 11) is 0. The fourth-order valence-electron chi connectivity index (χ4n) is 2.12. The molecule has 1 saturated heterocycles. The predicted molar refractivity (Wildman–Crippen MR) is 58.8 cm³/mol. The molecule has 0 amide bonds. The molecule has 0 aliphatic carbocycles. The first kappa shape index (κ1) is 10.4. The van der Waals surface area contributed by atoms with Crippen LogP contribution in [0.4, 0.5) is 5.82 Å². The van der Waals surface area contributed by atoms with Gasteiger partial charge in [0.2, 0.25) is 0 Å². The van der Waals surface area contributed by atoms with Crippen molar-refractivity contribution in [2.75, 3.05) is 24.6 Å². The minimum Gasteiger partial charge on any atom is -0.396 e. The van der Waals surface area contributed by atoms with Crippen LogP contribution in [0.2, 0.25) is 0 Å². The first-order chi connectivity index (χ1) is 7.31. The molecule has 4 heteroatoms. The molecular weight excluding hydrogens is 190 g/mol. The molecule has 1 aliphatic heterocycles. The van der Waals surface area contributed by atoms with Gasteiger partial charge in [-0.3, -0.25) is 4.98 Å². The van der Waals surface area contributed by atoms with Crippen LogP contribution in [0.5, 0.6) is 0 Å². The molecule has 1 aromatic heterocycles. The van der Waals surface area contributed by atoms with E-state index in [2.05, 4.69) is 14.9 Å². The molecule has 1 fully saturated rings. The Morgan fingerprint density at radius 1 is 1.47 bits per heavy atom. The zero-order valence-corrected chi connectivity index (χ0v) is 9.06. The Labute approximate surface area is 90.0 Å². The molecule has 15 heavy (non-hydrogen) atoms. The van der Waals surface area contributed by atoms with Crippen molar-refractivity contribution in [2.45, 2.75) is 19.8 Å². The molecule has 1 aromatic rings. The van der Waals surface area contributed by atoms with Gasteiger partial charge in [-0.2, -0.15) is 0 Å². The minimum atomic E-state index is 0.274. The topological polar surface area (TPSA) is 49.2 Å². The van der Waals surface area contributed by atoms with Crippen molar-refractivity contribution < 1.29 is 5.11 Å². The number of anilines is 1. The van der Waals surface area contributed by atoms with Crippen molar-refractivity contribution >= 4 is 5.82 Å². The van der Waals surface area contributed by atoms with E-state index >= 15 is 0 Å². The third-order valence-electron chi connectivity index (χ3n) is 2.93. The van der Waals surface area contributed by atoms with Crippen molar-refractivity contribution in [3.05, 3.63) is 18.1 Å². The van der Waals surface area contributed by atoms with Crippen LogP contribution in [-0.4, -0.2) is 34.8 Å². The quantitative estimate of drug-likeness (QED) is 0.785. The molecule has 0 spiro atoms. The molecule has 1 atom stereocenters. The molecule has 0 saturated carbocycles. The third kappa shape index (κ3) is 2.26. The lowest BCUT2D eigenvalue weighted by Gasteiger charge is -2.33. The van der Waals surface area contributed by atoms with E-state index < -0.39 is 0 Å². The summed E-state index contributed by atoms with van der Waals surface area (Å²) >= 11 is 0. The Hall–Kier alpha value is -1.16. The van der Waals surface area contributed by atoms with Gasteiger partial charge in [0, 0.05) is 32.1 Å². The van der Waals surface area contributed by atoms with Crippen LogP contribution < -0.4 is 4.90 Å². The van der Waals surface area contributed by atoms with Crippen LogP contribution in [0.25, 0.3) is 0 Å². The van der Waals surface area contributed by atoms with Crippen molar-refractivity contribution in [3.8, 4) is 0 Å². The van der Waals surface area contributed by atoms with Gasteiger partial charge in [-0.15, -0.1) is 0 Å². The number of hydrogen-bond acceptors (Lipinski definition) is 4. The maximum atomic E-state index is 9.16. The Kier molecular flexibility index (Phi) is 3.16. The molecule has 4 nitrogen and oxygen atoms in total. The summed E-state index contributed by atoms with van der Waals surface area (Å²) in [6, 6.07) is 0. The SMILES string of the molecule is Cc1nccnc1N1CCC[C@@H](CO)C1. The molecule has 1 N–H and O–H groups in total. The lowest BCUT2D eigenvalue weighted by Crippen LogP contribution is -2.37. The second kappa shape index (κ2) is 4.57. The Morgan fingerprint density at radius 2 is 2.27 bits per heavy atom. The fourth-order valence-corrected chi connectivity index (χ4v) is 2.12. The number of hydrogen-bond donors (Lipinski definition) is 1. The van der Waals surface area contributed by atoms with Gasteiger partial charge in [-0.1, -0.05) is 0 Å². The summed E-state index contributed by atoms with van der Waals surface area (Å²) in [6.07, 6.45) is 5.69. The average molecular weight is 207 g/mol. The molecule has 2 rings (SSSR count). The minimum absolute atomic E-state index is 0.274. The zero-order valence-electron chi connectivity index (χ0n) is 9.06. The van der Waals surface area contributed by atoms with Gasteiger partial charge in [0.25, 0.3) is 0 Å². The number of piperidine rings is 1. The van der Waals surface area contributed by atoms with E-state index in [0.717, 1.165) is 37.4 Å². The Balaban J connectivity index is 2.13. The normalized spacial score (nSPS) is 21.7. The number of aliphatic hydroxyl groups excluding tert-OH is 1. The highest BCUT2D eigenvalue weighted by Crippen LogP contribution is 2.22. The Bertz CT molecular complexity index is 329. The largest absolute Gasteiger partial charge is 0.396 e. The van der Waals surface area contributed by atoms with E-state index in [1.54, 1.807) is 12.4 Å². The standard InChI is InChI=1S/C11H17N3O/c1-9-11(13-5-4-12-9)14-6-2-3-10(7-14)8-15/h4-5,10,15H,2-3,6-8H2,1H3/t10-/m1/s1. The summed E-state index contributed by atoms with van der Waals surface area (Å²) < 4.78 is 0. The summed E-state index contributed by atoms with van der Waals surface area (Å²) in [6.45, 7) is 4.17. The van der Waals surface area contributed by atoms with Crippen molar-refractivity contribution in [3.63, 3.8) is 0 Å². The van der Waals surface area contributed by atoms with E-state index in [4.69, 9.17) is 5.11 Å². The van der Waals surface area contributed by atoms with Gasteiger partial charge >= 0.3 is 0 Å². The Morgan fingerprint density at radius 3 is 3.00 bits per heavy atom. The molecule has 2 heterocycles. The van der Waals surface area contributed by atoms with E-state index in [0.29, 0.717) is 5.92 Å². The first-order valence-electron chi connectivity index (χ1n) is 5.44. The van der Waals surface area contributed by atoms with E-state index in [1.807, 2.05) is 6.92 Å². The summed E-state index contributed by atoms with van der Waals surface area (Å²) in [4.78, 5) is 10.8. The smallest absolute Gasteiger partial charge is 0.150 e. The van der Waals surface area contributed by atoms with E-state index in [-0.39, 0.29) is 6.61 Å². The second-order valence-corrected chi connectivity index (χ2v) is 4.10. The van der Waals surface area contributed by atoms with Crippen molar-refractivity contribution in [1.29, 1.82) is 0 Å². The monoisotopic (exact) mass is 207 g/mol. The van der Waals surface area contributed by atoms with Gasteiger partial charge in [0.05, 0.1) is 5.69 Å². The molecule has 0 radical (unpaired) electrons. The molecule has 0 aromatic carbocycles. The second-order valence-electron chi connectivity index (χ2n) is 4.10. The van der Waals surface area contributed by atoms with Crippen molar-refractivity contribution in [2.24, 2.45) is 5.92 Å². The number of nitrogens with zero attached hydrogens (tertiary/aromatic N) is 3. The van der Waals surface area contributed by atoms with Gasteiger partial charge in [-0.25, -0.2) is 4.98 Å². The van der Waals surface area contributed by atoms with Crippen LogP contribution >= 0.6 is 0 Å². The molecule has 1 aliphatic rings.